The molecule has 0 bridgehead atoms. The third-order valence-electron chi connectivity index (χ3n) is 4.21. The molecular formula is C16H24ClNO. The molecule has 1 aromatic carbocycles. The molecule has 1 aliphatic carbocycles. The van der Waals surface area contributed by atoms with Crippen molar-refractivity contribution in [1.82, 2.24) is 5.32 Å². The maximum absolute atomic E-state index is 6.16. The Morgan fingerprint density at radius 3 is 2.47 bits per heavy atom. The van der Waals surface area contributed by atoms with Crippen LogP contribution >= 0.6 is 11.6 Å². The molecule has 1 aromatic rings. The van der Waals surface area contributed by atoms with Crippen LogP contribution in [0.3, 0.4) is 0 Å². The predicted molar refractivity (Wildman–Crippen MR) is 81.0 cm³/mol. The first-order chi connectivity index (χ1) is 9.26. The smallest absolute Gasteiger partial charge is 0.123 e. The monoisotopic (exact) mass is 281 g/mol. The Balaban J connectivity index is 2.26. The van der Waals surface area contributed by atoms with Crippen molar-refractivity contribution in [3.63, 3.8) is 0 Å². The SMILES string of the molecule is CNC(c1cc(Cl)ccc1OC)C1CCCCCC1. The number of halogens is 1. The van der Waals surface area contributed by atoms with Crippen molar-refractivity contribution in [3.8, 4) is 5.75 Å². The van der Waals surface area contributed by atoms with E-state index in [2.05, 4.69) is 5.32 Å². The first kappa shape index (κ1) is 14.7. The summed E-state index contributed by atoms with van der Waals surface area (Å²) in [6.45, 7) is 0. The maximum Gasteiger partial charge on any atom is 0.123 e. The normalized spacial score (nSPS) is 18.9. The van der Waals surface area contributed by atoms with Gasteiger partial charge >= 0.3 is 0 Å². The Morgan fingerprint density at radius 2 is 1.89 bits per heavy atom. The summed E-state index contributed by atoms with van der Waals surface area (Å²) in [7, 11) is 3.77. The topological polar surface area (TPSA) is 21.3 Å². The summed E-state index contributed by atoms with van der Waals surface area (Å²) in [5.74, 6) is 1.62. The highest BCUT2D eigenvalue weighted by atomic mass is 35.5. The zero-order valence-corrected chi connectivity index (χ0v) is 12.7. The van der Waals surface area contributed by atoms with E-state index in [9.17, 15) is 0 Å². The highest BCUT2D eigenvalue weighted by Gasteiger charge is 2.25. The zero-order valence-electron chi connectivity index (χ0n) is 11.9. The van der Waals surface area contributed by atoms with Gasteiger partial charge in [-0.1, -0.05) is 37.3 Å². The van der Waals surface area contributed by atoms with E-state index in [1.807, 2.05) is 25.2 Å². The van der Waals surface area contributed by atoms with E-state index in [0.717, 1.165) is 10.8 Å². The molecule has 0 heterocycles. The molecular weight excluding hydrogens is 258 g/mol. The largest absolute Gasteiger partial charge is 0.496 e. The molecule has 3 heteroatoms. The van der Waals surface area contributed by atoms with E-state index in [4.69, 9.17) is 16.3 Å². The molecule has 0 aliphatic heterocycles. The molecule has 1 unspecified atom stereocenters. The first-order valence-corrected chi connectivity index (χ1v) is 7.64. The molecule has 2 nitrogen and oxygen atoms in total. The second kappa shape index (κ2) is 7.16. The highest BCUT2D eigenvalue weighted by molar-refractivity contribution is 6.30. The first-order valence-electron chi connectivity index (χ1n) is 7.27. The molecule has 2 rings (SSSR count). The highest BCUT2D eigenvalue weighted by Crippen LogP contribution is 2.38. The van der Waals surface area contributed by atoms with Crippen molar-refractivity contribution in [1.29, 1.82) is 0 Å². The minimum Gasteiger partial charge on any atom is -0.496 e. The summed E-state index contributed by atoms with van der Waals surface area (Å²) in [6, 6.07) is 6.25. The lowest BCUT2D eigenvalue weighted by atomic mass is 9.87. The van der Waals surface area contributed by atoms with Crippen LogP contribution in [0.25, 0.3) is 0 Å². The van der Waals surface area contributed by atoms with Gasteiger partial charge in [0.05, 0.1) is 7.11 Å². The molecule has 1 aliphatic rings. The number of hydrogen-bond donors (Lipinski definition) is 1. The van der Waals surface area contributed by atoms with Crippen molar-refractivity contribution < 1.29 is 4.74 Å². The fraction of sp³-hybridized carbons (Fsp3) is 0.625. The summed E-state index contributed by atoms with van der Waals surface area (Å²) >= 11 is 6.16. The van der Waals surface area contributed by atoms with Gasteiger partial charge in [0.25, 0.3) is 0 Å². The van der Waals surface area contributed by atoms with Crippen molar-refractivity contribution in [3.05, 3.63) is 28.8 Å². The third-order valence-corrected chi connectivity index (χ3v) is 4.44. The molecule has 1 saturated carbocycles. The lowest BCUT2D eigenvalue weighted by Crippen LogP contribution is -2.25. The van der Waals surface area contributed by atoms with Gasteiger partial charge in [-0.25, -0.2) is 0 Å². The van der Waals surface area contributed by atoms with Gasteiger partial charge in [0, 0.05) is 16.6 Å². The number of methoxy groups -OCH3 is 1. The van der Waals surface area contributed by atoms with Crippen LogP contribution in [0.4, 0.5) is 0 Å². The van der Waals surface area contributed by atoms with Gasteiger partial charge in [0.2, 0.25) is 0 Å². The van der Waals surface area contributed by atoms with Gasteiger partial charge in [-0.15, -0.1) is 0 Å². The van der Waals surface area contributed by atoms with Crippen molar-refractivity contribution in [2.24, 2.45) is 5.92 Å². The van der Waals surface area contributed by atoms with Gasteiger partial charge in [-0.3, -0.25) is 0 Å². The Kier molecular flexibility index (Phi) is 5.53. The summed E-state index contributed by atoms with van der Waals surface area (Å²) < 4.78 is 5.51. The van der Waals surface area contributed by atoms with Crippen LogP contribution in [0.15, 0.2) is 18.2 Å². The molecule has 1 N–H and O–H groups in total. The standard InChI is InChI=1S/C16H24ClNO/c1-18-16(12-7-5-3-4-6-8-12)14-11-13(17)9-10-15(14)19-2/h9-12,16,18H,3-8H2,1-2H3. The van der Waals surface area contributed by atoms with Crippen LogP contribution in [0.1, 0.15) is 50.1 Å². The summed E-state index contributed by atoms with van der Waals surface area (Å²) in [4.78, 5) is 0. The summed E-state index contributed by atoms with van der Waals surface area (Å²) in [5, 5.41) is 4.26. The Labute approximate surface area is 121 Å². The van der Waals surface area contributed by atoms with E-state index in [1.54, 1.807) is 7.11 Å². The number of rotatable bonds is 4. The molecule has 0 amide bonds. The minimum absolute atomic E-state index is 0.340. The molecule has 0 radical (unpaired) electrons. The van der Waals surface area contributed by atoms with Crippen LogP contribution in [-0.4, -0.2) is 14.2 Å². The zero-order chi connectivity index (χ0) is 13.7. The fourth-order valence-electron chi connectivity index (χ4n) is 3.24. The van der Waals surface area contributed by atoms with E-state index in [-0.39, 0.29) is 0 Å². The van der Waals surface area contributed by atoms with Gasteiger partial charge in [-0.2, -0.15) is 0 Å². The van der Waals surface area contributed by atoms with E-state index >= 15 is 0 Å². The van der Waals surface area contributed by atoms with Crippen LogP contribution in [0, 0.1) is 5.92 Å². The molecule has 1 fully saturated rings. The van der Waals surface area contributed by atoms with Crippen LogP contribution in [0.2, 0.25) is 5.02 Å². The lowest BCUT2D eigenvalue weighted by molar-refractivity contribution is 0.326. The van der Waals surface area contributed by atoms with Gasteiger partial charge in [0.15, 0.2) is 0 Å². The molecule has 0 aromatic heterocycles. The van der Waals surface area contributed by atoms with Crippen LogP contribution in [-0.2, 0) is 0 Å². The van der Waals surface area contributed by atoms with Gasteiger partial charge in [0.1, 0.15) is 5.75 Å². The molecule has 1 atom stereocenters. The molecule has 106 valence electrons. The fourth-order valence-corrected chi connectivity index (χ4v) is 3.42. The lowest BCUT2D eigenvalue weighted by Gasteiger charge is -2.27. The van der Waals surface area contributed by atoms with Crippen molar-refractivity contribution >= 4 is 11.6 Å². The third kappa shape index (κ3) is 3.64. The molecule has 0 saturated heterocycles. The van der Waals surface area contributed by atoms with Crippen molar-refractivity contribution in [2.75, 3.05) is 14.2 Å². The molecule has 0 spiro atoms. The minimum atomic E-state index is 0.340. The average Bonchev–Trinajstić information content (AvgIpc) is 2.69. The van der Waals surface area contributed by atoms with E-state index in [1.165, 1.54) is 44.1 Å². The number of ether oxygens (including phenoxy) is 1. The van der Waals surface area contributed by atoms with E-state index in [0.29, 0.717) is 12.0 Å². The quantitative estimate of drug-likeness (QED) is 0.816. The van der Waals surface area contributed by atoms with Crippen LogP contribution in [0.5, 0.6) is 5.75 Å². The maximum atomic E-state index is 6.16. The predicted octanol–water partition coefficient (Wildman–Crippen LogP) is 4.58. The second-order valence-electron chi connectivity index (χ2n) is 5.40. The Hall–Kier alpha value is -0.730. The average molecular weight is 282 g/mol. The summed E-state index contributed by atoms with van der Waals surface area (Å²) in [5.41, 5.74) is 1.20. The molecule has 19 heavy (non-hydrogen) atoms. The number of nitrogens with one attached hydrogen (secondary N) is 1. The summed E-state index contributed by atoms with van der Waals surface area (Å²) in [6.07, 6.45) is 8.01. The van der Waals surface area contributed by atoms with Gasteiger partial charge in [-0.05, 0) is 44.0 Å². The second-order valence-corrected chi connectivity index (χ2v) is 5.84. The number of hydrogen-bond acceptors (Lipinski definition) is 2. The Morgan fingerprint density at radius 1 is 1.21 bits per heavy atom. The van der Waals surface area contributed by atoms with Gasteiger partial charge < -0.3 is 10.1 Å². The van der Waals surface area contributed by atoms with Crippen LogP contribution < -0.4 is 10.1 Å². The van der Waals surface area contributed by atoms with E-state index < -0.39 is 0 Å². The van der Waals surface area contributed by atoms with Crippen molar-refractivity contribution in [2.45, 2.75) is 44.6 Å². The Bertz CT molecular complexity index is 400. The number of benzene rings is 1.